The molecule has 1 heterocycles. The Labute approximate surface area is 115 Å². The first-order valence-electron chi connectivity index (χ1n) is 6.28. The van der Waals surface area contributed by atoms with Crippen LogP contribution >= 0.6 is 0 Å². The van der Waals surface area contributed by atoms with Gasteiger partial charge >= 0.3 is 0 Å². The van der Waals surface area contributed by atoms with Crippen molar-refractivity contribution in [2.45, 2.75) is 20.3 Å². The number of carbonyl (C=O) groups excluding carboxylic acids is 1. The van der Waals surface area contributed by atoms with E-state index in [2.05, 4.69) is 0 Å². The van der Waals surface area contributed by atoms with Crippen molar-refractivity contribution in [2.24, 2.45) is 0 Å². The zero-order valence-electron chi connectivity index (χ0n) is 11.4. The SMILES string of the molecule is CC1=C(C)CN(C(=O)c2ccc([N+](=O)[O-])cc2F)CC1. The predicted octanol–water partition coefficient (Wildman–Crippen LogP) is 2.92. The largest absolute Gasteiger partial charge is 0.334 e. The van der Waals surface area contributed by atoms with Gasteiger partial charge in [-0.1, -0.05) is 11.1 Å². The molecule has 6 heteroatoms. The van der Waals surface area contributed by atoms with Crippen LogP contribution in [0.1, 0.15) is 30.6 Å². The van der Waals surface area contributed by atoms with Crippen molar-refractivity contribution in [3.05, 3.63) is 50.8 Å². The summed E-state index contributed by atoms with van der Waals surface area (Å²) in [5.41, 5.74) is 1.87. The van der Waals surface area contributed by atoms with Crippen LogP contribution in [-0.2, 0) is 0 Å². The van der Waals surface area contributed by atoms with Crippen LogP contribution < -0.4 is 0 Å². The summed E-state index contributed by atoms with van der Waals surface area (Å²) in [4.78, 5) is 23.7. The molecule has 0 spiro atoms. The fourth-order valence-electron chi connectivity index (χ4n) is 2.15. The maximum absolute atomic E-state index is 13.8. The van der Waals surface area contributed by atoms with Crippen LogP contribution in [0.2, 0.25) is 0 Å². The van der Waals surface area contributed by atoms with Gasteiger partial charge in [0.25, 0.3) is 11.6 Å². The summed E-state index contributed by atoms with van der Waals surface area (Å²) in [6, 6.07) is 3.11. The molecule has 0 aliphatic carbocycles. The van der Waals surface area contributed by atoms with Crippen molar-refractivity contribution >= 4 is 11.6 Å². The monoisotopic (exact) mass is 278 g/mol. The lowest BCUT2D eigenvalue weighted by Gasteiger charge is -2.28. The molecule has 106 valence electrons. The third-order valence-electron chi connectivity index (χ3n) is 3.59. The van der Waals surface area contributed by atoms with E-state index >= 15 is 0 Å². The summed E-state index contributed by atoms with van der Waals surface area (Å²) in [6.45, 7) is 4.98. The van der Waals surface area contributed by atoms with Gasteiger partial charge in [-0.05, 0) is 26.3 Å². The fraction of sp³-hybridized carbons (Fsp3) is 0.357. The molecular formula is C14H15FN2O3. The van der Waals surface area contributed by atoms with Crippen LogP contribution in [0.25, 0.3) is 0 Å². The Balaban J connectivity index is 2.24. The number of hydrogen-bond acceptors (Lipinski definition) is 3. The predicted molar refractivity (Wildman–Crippen MR) is 71.9 cm³/mol. The first-order valence-corrected chi connectivity index (χ1v) is 6.28. The molecule has 1 aliphatic heterocycles. The van der Waals surface area contributed by atoms with Gasteiger partial charge in [0.15, 0.2) is 0 Å². The first-order chi connectivity index (χ1) is 9.40. The number of non-ortho nitro benzene ring substituents is 1. The quantitative estimate of drug-likeness (QED) is 0.474. The normalized spacial score (nSPS) is 15.4. The lowest BCUT2D eigenvalue weighted by molar-refractivity contribution is -0.385. The molecule has 0 radical (unpaired) electrons. The van der Waals surface area contributed by atoms with E-state index in [0.717, 1.165) is 24.1 Å². The number of rotatable bonds is 2. The number of nitro groups is 1. The summed E-state index contributed by atoms with van der Waals surface area (Å²) >= 11 is 0. The number of hydrogen-bond donors (Lipinski definition) is 0. The Bertz CT molecular complexity index is 610. The standard InChI is InChI=1S/C14H15FN2O3/c1-9-5-6-16(8-10(9)2)14(18)12-4-3-11(17(19)20)7-13(12)15/h3-4,7H,5-6,8H2,1-2H3. The maximum atomic E-state index is 13.8. The van der Waals surface area contributed by atoms with Gasteiger partial charge in [-0.3, -0.25) is 14.9 Å². The minimum Gasteiger partial charge on any atom is -0.334 e. The highest BCUT2D eigenvalue weighted by molar-refractivity contribution is 5.95. The number of nitro benzene ring substituents is 1. The van der Waals surface area contributed by atoms with Gasteiger partial charge in [0, 0.05) is 19.2 Å². The zero-order chi connectivity index (χ0) is 14.9. The fourth-order valence-corrected chi connectivity index (χ4v) is 2.15. The second-order valence-corrected chi connectivity index (χ2v) is 4.96. The molecule has 1 aromatic rings. The molecule has 2 rings (SSSR count). The van der Waals surface area contributed by atoms with E-state index in [1.165, 1.54) is 11.6 Å². The van der Waals surface area contributed by atoms with Crippen molar-refractivity contribution in [3.63, 3.8) is 0 Å². The van der Waals surface area contributed by atoms with Crippen LogP contribution in [-0.4, -0.2) is 28.8 Å². The second kappa shape index (κ2) is 5.40. The molecule has 1 aliphatic rings. The Kier molecular flexibility index (Phi) is 3.83. The van der Waals surface area contributed by atoms with E-state index in [9.17, 15) is 19.3 Å². The van der Waals surface area contributed by atoms with Crippen LogP contribution in [0.15, 0.2) is 29.3 Å². The molecule has 1 aromatic carbocycles. The molecule has 1 amide bonds. The zero-order valence-corrected chi connectivity index (χ0v) is 11.4. The third kappa shape index (κ3) is 2.68. The molecule has 0 bridgehead atoms. The first kappa shape index (κ1) is 14.2. The number of nitrogens with zero attached hydrogens (tertiary/aromatic N) is 2. The molecular weight excluding hydrogens is 263 g/mol. The van der Waals surface area contributed by atoms with Crippen LogP contribution in [0.5, 0.6) is 0 Å². The van der Waals surface area contributed by atoms with E-state index in [1.807, 2.05) is 13.8 Å². The third-order valence-corrected chi connectivity index (χ3v) is 3.59. The van der Waals surface area contributed by atoms with Crippen molar-refractivity contribution in [1.29, 1.82) is 0 Å². The Morgan fingerprint density at radius 3 is 2.60 bits per heavy atom. The van der Waals surface area contributed by atoms with Crippen LogP contribution in [0.3, 0.4) is 0 Å². The minimum absolute atomic E-state index is 0.122. The minimum atomic E-state index is -0.854. The molecule has 0 saturated heterocycles. The molecule has 0 aromatic heterocycles. The van der Waals surface area contributed by atoms with Gasteiger partial charge in [0.2, 0.25) is 0 Å². The molecule has 20 heavy (non-hydrogen) atoms. The van der Waals surface area contributed by atoms with Gasteiger partial charge in [0.1, 0.15) is 5.82 Å². The van der Waals surface area contributed by atoms with E-state index in [4.69, 9.17) is 0 Å². The van der Waals surface area contributed by atoms with Crippen LogP contribution in [0.4, 0.5) is 10.1 Å². The van der Waals surface area contributed by atoms with E-state index in [0.29, 0.717) is 13.1 Å². The topological polar surface area (TPSA) is 63.5 Å². The summed E-state index contributed by atoms with van der Waals surface area (Å²) in [5.74, 6) is -1.28. The molecule has 5 nitrogen and oxygen atoms in total. The number of benzene rings is 1. The van der Waals surface area contributed by atoms with Gasteiger partial charge in [0.05, 0.1) is 16.6 Å². The van der Waals surface area contributed by atoms with Crippen LogP contribution in [0, 0.1) is 15.9 Å². The van der Waals surface area contributed by atoms with E-state index in [-0.39, 0.29) is 11.3 Å². The van der Waals surface area contributed by atoms with E-state index < -0.39 is 16.6 Å². The number of halogens is 1. The van der Waals surface area contributed by atoms with Crippen molar-refractivity contribution in [2.75, 3.05) is 13.1 Å². The smallest absolute Gasteiger partial charge is 0.272 e. The molecule has 0 atom stereocenters. The molecule has 0 N–H and O–H groups in total. The van der Waals surface area contributed by atoms with Gasteiger partial charge in [-0.15, -0.1) is 0 Å². The average molecular weight is 278 g/mol. The number of carbonyl (C=O) groups is 1. The van der Waals surface area contributed by atoms with E-state index in [1.54, 1.807) is 4.90 Å². The highest BCUT2D eigenvalue weighted by Crippen LogP contribution is 2.22. The molecule has 0 unspecified atom stereocenters. The molecule has 0 fully saturated rings. The molecule has 0 saturated carbocycles. The van der Waals surface area contributed by atoms with Gasteiger partial charge in [-0.2, -0.15) is 0 Å². The Hall–Kier alpha value is -2.24. The number of amides is 1. The van der Waals surface area contributed by atoms with Gasteiger partial charge < -0.3 is 4.90 Å². The van der Waals surface area contributed by atoms with Crippen molar-refractivity contribution in [1.82, 2.24) is 4.90 Å². The maximum Gasteiger partial charge on any atom is 0.272 e. The Morgan fingerprint density at radius 2 is 2.05 bits per heavy atom. The summed E-state index contributed by atoms with van der Waals surface area (Å²) < 4.78 is 13.8. The Morgan fingerprint density at radius 1 is 1.35 bits per heavy atom. The summed E-state index contributed by atoms with van der Waals surface area (Å²) in [7, 11) is 0. The second-order valence-electron chi connectivity index (χ2n) is 4.96. The summed E-state index contributed by atoms with van der Waals surface area (Å²) in [5, 5.41) is 10.6. The van der Waals surface area contributed by atoms with Crippen molar-refractivity contribution < 1.29 is 14.1 Å². The lowest BCUT2D eigenvalue weighted by Crippen LogP contribution is -2.36. The van der Waals surface area contributed by atoms with Crippen molar-refractivity contribution in [3.8, 4) is 0 Å². The average Bonchev–Trinajstić information content (AvgIpc) is 2.41. The highest BCUT2D eigenvalue weighted by Gasteiger charge is 2.23. The highest BCUT2D eigenvalue weighted by atomic mass is 19.1. The summed E-state index contributed by atoms with van der Waals surface area (Å²) in [6.07, 6.45) is 0.770. The lowest BCUT2D eigenvalue weighted by atomic mass is 10.0. The van der Waals surface area contributed by atoms with Gasteiger partial charge in [-0.25, -0.2) is 4.39 Å².